The summed E-state index contributed by atoms with van der Waals surface area (Å²) in [5.41, 5.74) is 2.11. The Kier molecular flexibility index (Phi) is 6.79. The van der Waals surface area contributed by atoms with Crippen molar-refractivity contribution < 1.29 is 18.7 Å². The highest BCUT2D eigenvalue weighted by atomic mass is 19.1. The quantitative estimate of drug-likeness (QED) is 0.628. The van der Waals surface area contributed by atoms with Gasteiger partial charge in [0.05, 0.1) is 13.2 Å². The van der Waals surface area contributed by atoms with Crippen LogP contribution in [0, 0.1) is 5.82 Å². The van der Waals surface area contributed by atoms with Gasteiger partial charge in [-0.1, -0.05) is 36.4 Å². The zero-order valence-corrected chi connectivity index (χ0v) is 18.5. The molecule has 1 unspecified atom stereocenters. The summed E-state index contributed by atoms with van der Waals surface area (Å²) in [6, 6.07) is 17.4. The standard InChI is InChI=1S/C26H26FN3O3/c1-2-29-25(32)26(18-30(15-16-33-26)24(31)22-11-13-28-14-12-22)17-19-3-5-20(6-4-19)21-7-9-23(27)10-8-21/h3-14H,2,15-18H2,1H3,(H,29,32). The summed E-state index contributed by atoms with van der Waals surface area (Å²) in [6.45, 7) is 3.14. The van der Waals surface area contributed by atoms with Gasteiger partial charge in [0.2, 0.25) is 0 Å². The maximum absolute atomic E-state index is 13.2. The number of morpholine rings is 1. The number of rotatable bonds is 6. The third-order valence-electron chi connectivity index (χ3n) is 5.77. The number of aromatic nitrogens is 1. The van der Waals surface area contributed by atoms with Crippen molar-refractivity contribution in [1.82, 2.24) is 15.2 Å². The molecule has 6 nitrogen and oxygen atoms in total. The number of hydrogen-bond donors (Lipinski definition) is 1. The van der Waals surface area contributed by atoms with Gasteiger partial charge in [-0.05, 0) is 47.9 Å². The lowest BCUT2D eigenvalue weighted by molar-refractivity contribution is -0.157. The number of amides is 2. The molecule has 2 heterocycles. The number of nitrogens with one attached hydrogen (secondary N) is 1. The molecule has 1 fully saturated rings. The van der Waals surface area contributed by atoms with Gasteiger partial charge in [-0.2, -0.15) is 0 Å². The van der Waals surface area contributed by atoms with E-state index >= 15 is 0 Å². The Morgan fingerprint density at radius 1 is 1.03 bits per heavy atom. The minimum absolute atomic E-state index is 0.152. The van der Waals surface area contributed by atoms with Crippen molar-refractivity contribution in [1.29, 1.82) is 0 Å². The van der Waals surface area contributed by atoms with Gasteiger partial charge in [0.1, 0.15) is 5.82 Å². The second-order valence-corrected chi connectivity index (χ2v) is 8.05. The number of benzene rings is 2. The molecule has 2 amide bonds. The van der Waals surface area contributed by atoms with Gasteiger partial charge in [0.15, 0.2) is 5.60 Å². The molecule has 2 aromatic carbocycles. The van der Waals surface area contributed by atoms with E-state index in [1.807, 2.05) is 31.2 Å². The first-order valence-electron chi connectivity index (χ1n) is 11.0. The smallest absolute Gasteiger partial charge is 0.254 e. The maximum atomic E-state index is 13.2. The van der Waals surface area contributed by atoms with Gasteiger partial charge in [0.25, 0.3) is 11.8 Å². The highest BCUT2D eigenvalue weighted by Crippen LogP contribution is 2.27. The second-order valence-electron chi connectivity index (χ2n) is 8.05. The number of halogens is 1. The summed E-state index contributed by atoms with van der Waals surface area (Å²) < 4.78 is 19.3. The van der Waals surface area contributed by atoms with Crippen molar-refractivity contribution in [2.45, 2.75) is 18.9 Å². The largest absolute Gasteiger partial charge is 0.361 e. The fourth-order valence-corrected chi connectivity index (χ4v) is 4.07. The molecule has 0 saturated carbocycles. The summed E-state index contributed by atoms with van der Waals surface area (Å²) in [5.74, 6) is -0.666. The van der Waals surface area contributed by atoms with Crippen molar-refractivity contribution in [3.05, 3.63) is 90.0 Å². The Hall–Kier alpha value is -3.58. The molecule has 7 heteroatoms. The molecular formula is C26H26FN3O3. The van der Waals surface area contributed by atoms with E-state index in [1.165, 1.54) is 12.1 Å². The fourth-order valence-electron chi connectivity index (χ4n) is 4.07. The average molecular weight is 448 g/mol. The van der Waals surface area contributed by atoms with Crippen molar-refractivity contribution in [3.63, 3.8) is 0 Å². The molecule has 170 valence electrons. The second kappa shape index (κ2) is 9.92. The number of nitrogens with zero attached hydrogens (tertiary/aromatic N) is 2. The van der Waals surface area contributed by atoms with E-state index in [2.05, 4.69) is 10.3 Å². The van der Waals surface area contributed by atoms with Crippen LogP contribution in [0.25, 0.3) is 11.1 Å². The zero-order valence-electron chi connectivity index (χ0n) is 18.5. The van der Waals surface area contributed by atoms with Crippen molar-refractivity contribution in [2.24, 2.45) is 0 Å². The Morgan fingerprint density at radius 2 is 1.67 bits per heavy atom. The van der Waals surface area contributed by atoms with Crippen LogP contribution in [0.15, 0.2) is 73.1 Å². The van der Waals surface area contributed by atoms with Crippen LogP contribution in [0.1, 0.15) is 22.8 Å². The number of hydrogen-bond acceptors (Lipinski definition) is 4. The van der Waals surface area contributed by atoms with E-state index in [0.717, 1.165) is 16.7 Å². The first-order chi connectivity index (χ1) is 16.0. The molecule has 3 aromatic rings. The van der Waals surface area contributed by atoms with Gasteiger partial charge in [-0.25, -0.2) is 4.39 Å². The molecule has 1 aromatic heterocycles. The van der Waals surface area contributed by atoms with Gasteiger partial charge in [-0.15, -0.1) is 0 Å². The van der Waals surface area contributed by atoms with Crippen molar-refractivity contribution in [2.75, 3.05) is 26.2 Å². The maximum Gasteiger partial charge on any atom is 0.254 e. The van der Waals surface area contributed by atoms with Crippen LogP contribution in [0.5, 0.6) is 0 Å². The van der Waals surface area contributed by atoms with Crippen molar-refractivity contribution >= 4 is 11.8 Å². The van der Waals surface area contributed by atoms with E-state index in [0.29, 0.717) is 25.1 Å². The molecule has 1 aliphatic heterocycles. The minimum atomic E-state index is -1.19. The summed E-state index contributed by atoms with van der Waals surface area (Å²) in [6.07, 6.45) is 3.48. The van der Waals surface area contributed by atoms with Crippen LogP contribution >= 0.6 is 0 Å². The predicted octanol–water partition coefficient (Wildman–Crippen LogP) is 3.48. The Balaban J connectivity index is 1.57. The van der Waals surface area contributed by atoms with E-state index < -0.39 is 5.60 Å². The summed E-state index contributed by atoms with van der Waals surface area (Å²) >= 11 is 0. The summed E-state index contributed by atoms with van der Waals surface area (Å²) in [5, 5.41) is 2.87. The monoisotopic (exact) mass is 447 g/mol. The zero-order chi connectivity index (χ0) is 23.3. The molecule has 1 saturated heterocycles. The minimum Gasteiger partial charge on any atom is -0.361 e. The molecule has 33 heavy (non-hydrogen) atoms. The van der Waals surface area contributed by atoms with Crippen LogP contribution in [-0.2, 0) is 16.0 Å². The lowest BCUT2D eigenvalue weighted by Crippen LogP contribution is -2.62. The first kappa shape index (κ1) is 22.6. The molecule has 4 rings (SSSR count). The number of likely N-dealkylation sites (N-methyl/N-ethyl adjacent to an activating group) is 1. The Morgan fingerprint density at radius 3 is 2.30 bits per heavy atom. The highest BCUT2D eigenvalue weighted by Gasteiger charge is 2.45. The average Bonchev–Trinajstić information content (AvgIpc) is 2.85. The van der Waals surface area contributed by atoms with E-state index in [-0.39, 0.29) is 30.8 Å². The summed E-state index contributed by atoms with van der Waals surface area (Å²) in [4.78, 5) is 31.8. The SMILES string of the molecule is CCNC(=O)C1(Cc2ccc(-c3ccc(F)cc3)cc2)CN(C(=O)c2ccncc2)CCO1. The van der Waals surface area contributed by atoms with E-state index in [4.69, 9.17) is 4.74 Å². The van der Waals surface area contributed by atoms with Crippen LogP contribution in [0.4, 0.5) is 4.39 Å². The number of carbonyl (C=O) groups is 2. The molecule has 1 atom stereocenters. The van der Waals surface area contributed by atoms with E-state index in [1.54, 1.807) is 41.6 Å². The van der Waals surface area contributed by atoms with Crippen LogP contribution in [0.2, 0.25) is 0 Å². The lowest BCUT2D eigenvalue weighted by atomic mass is 9.90. The lowest BCUT2D eigenvalue weighted by Gasteiger charge is -2.41. The molecule has 0 spiro atoms. The number of pyridine rings is 1. The third-order valence-corrected chi connectivity index (χ3v) is 5.77. The predicted molar refractivity (Wildman–Crippen MR) is 123 cm³/mol. The molecule has 0 radical (unpaired) electrons. The van der Waals surface area contributed by atoms with Crippen molar-refractivity contribution in [3.8, 4) is 11.1 Å². The molecule has 1 N–H and O–H groups in total. The number of ether oxygens (including phenoxy) is 1. The normalized spacial score (nSPS) is 18.1. The first-order valence-corrected chi connectivity index (χ1v) is 11.0. The Labute approximate surface area is 192 Å². The number of carbonyl (C=O) groups excluding carboxylic acids is 2. The Bertz CT molecular complexity index is 1100. The van der Waals surface area contributed by atoms with Crippen LogP contribution in [0.3, 0.4) is 0 Å². The molecule has 0 aliphatic carbocycles. The van der Waals surface area contributed by atoms with Crippen LogP contribution < -0.4 is 5.32 Å². The highest BCUT2D eigenvalue weighted by molar-refractivity contribution is 5.95. The third kappa shape index (κ3) is 5.09. The van der Waals surface area contributed by atoms with Gasteiger partial charge >= 0.3 is 0 Å². The summed E-state index contributed by atoms with van der Waals surface area (Å²) in [7, 11) is 0. The fraction of sp³-hybridized carbons (Fsp3) is 0.269. The van der Waals surface area contributed by atoms with Gasteiger partial charge in [0, 0.05) is 37.5 Å². The topological polar surface area (TPSA) is 71.5 Å². The molecule has 1 aliphatic rings. The van der Waals surface area contributed by atoms with Crippen LogP contribution in [-0.4, -0.2) is 53.5 Å². The van der Waals surface area contributed by atoms with Gasteiger partial charge < -0.3 is 15.0 Å². The van der Waals surface area contributed by atoms with Gasteiger partial charge in [-0.3, -0.25) is 14.6 Å². The molecular weight excluding hydrogens is 421 g/mol. The molecule has 0 bridgehead atoms. The van der Waals surface area contributed by atoms with E-state index in [9.17, 15) is 14.0 Å².